The lowest BCUT2D eigenvalue weighted by molar-refractivity contribution is 0.220. The van der Waals surface area contributed by atoms with E-state index in [2.05, 4.69) is 37.4 Å². The molecule has 0 spiro atoms. The third-order valence-corrected chi connectivity index (χ3v) is 5.04. The third-order valence-electron chi connectivity index (χ3n) is 4.47. The van der Waals surface area contributed by atoms with Crippen LogP contribution < -0.4 is 10.0 Å². The predicted molar refractivity (Wildman–Crippen MR) is 121 cm³/mol. The van der Waals surface area contributed by atoms with E-state index < -0.39 is 21.9 Å². The SMILES string of the molecule is C=Cc1cc(NC(=O)N(C)Cc2ccc(C(C)(C)C)cc2)cc(F)c1NS(C)(=O)=O. The first kappa shape index (κ1) is 23.4. The maximum atomic E-state index is 14.4. The summed E-state index contributed by atoms with van der Waals surface area (Å²) in [6, 6.07) is 10.1. The van der Waals surface area contributed by atoms with Crippen molar-refractivity contribution in [2.75, 3.05) is 23.3 Å². The van der Waals surface area contributed by atoms with Crippen molar-refractivity contribution in [1.29, 1.82) is 0 Å². The molecule has 0 saturated carbocycles. The number of benzene rings is 2. The van der Waals surface area contributed by atoms with Gasteiger partial charge in [-0.2, -0.15) is 0 Å². The number of carbonyl (C=O) groups excluding carboxylic acids is 1. The van der Waals surface area contributed by atoms with Gasteiger partial charge in [-0.3, -0.25) is 4.72 Å². The van der Waals surface area contributed by atoms with E-state index in [9.17, 15) is 17.6 Å². The molecule has 0 heterocycles. The van der Waals surface area contributed by atoms with Crippen LogP contribution in [0, 0.1) is 5.82 Å². The van der Waals surface area contributed by atoms with Crippen molar-refractivity contribution in [2.24, 2.45) is 0 Å². The third kappa shape index (κ3) is 6.32. The average Bonchev–Trinajstić information content (AvgIpc) is 2.62. The molecule has 162 valence electrons. The first-order valence-corrected chi connectivity index (χ1v) is 11.2. The van der Waals surface area contributed by atoms with E-state index in [1.165, 1.54) is 22.6 Å². The second-order valence-electron chi connectivity index (χ2n) is 8.23. The number of amides is 2. The Hall–Kier alpha value is -2.87. The normalized spacial score (nSPS) is 11.7. The molecule has 0 aliphatic heterocycles. The van der Waals surface area contributed by atoms with Crippen LogP contribution in [0.25, 0.3) is 6.08 Å². The summed E-state index contributed by atoms with van der Waals surface area (Å²) in [4.78, 5) is 14.0. The van der Waals surface area contributed by atoms with Crippen LogP contribution in [0.3, 0.4) is 0 Å². The Balaban J connectivity index is 2.13. The van der Waals surface area contributed by atoms with Gasteiger partial charge >= 0.3 is 6.03 Å². The fourth-order valence-corrected chi connectivity index (χ4v) is 3.42. The van der Waals surface area contributed by atoms with Crippen molar-refractivity contribution in [3.8, 4) is 0 Å². The van der Waals surface area contributed by atoms with Gasteiger partial charge in [0.05, 0.1) is 11.9 Å². The maximum Gasteiger partial charge on any atom is 0.321 e. The molecule has 0 atom stereocenters. The molecule has 0 bridgehead atoms. The number of nitrogens with one attached hydrogen (secondary N) is 2. The molecular weight excluding hydrogens is 405 g/mol. The molecule has 0 unspecified atom stereocenters. The van der Waals surface area contributed by atoms with Crippen molar-refractivity contribution in [2.45, 2.75) is 32.7 Å². The Morgan fingerprint density at radius 1 is 1.20 bits per heavy atom. The van der Waals surface area contributed by atoms with Crippen molar-refractivity contribution in [1.82, 2.24) is 4.90 Å². The van der Waals surface area contributed by atoms with Crippen LogP contribution in [0.15, 0.2) is 43.0 Å². The number of halogens is 1. The zero-order valence-electron chi connectivity index (χ0n) is 17.9. The summed E-state index contributed by atoms with van der Waals surface area (Å²) in [5.41, 5.74) is 2.42. The second-order valence-corrected chi connectivity index (χ2v) is 9.98. The summed E-state index contributed by atoms with van der Waals surface area (Å²) in [7, 11) is -2.03. The maximum absolute atomic E-state index is 14.4. The molecule has 2 amide bonds. The number of urea groups is 1. The second kappa shape index (κ2) is 8.87. The van der Waals surface area contributed by atoms with Crippen molar-refractivity contribution in [3.63, 3.8) is 0 Å². The highest BCUT2D eigenvalue weighted by Crippen LogP contribution is 2.27. The van der Waals surface area contributed by atoms with E-state index >= 15 is 0 Å². The monoisotopic (exact) mass is 433 g/mol. The van der Waals surface area contributed by atoms with Crippen LogP contribution in [0.5, 0.6) is 0 Å². The summed E-state index contributed by atoms with van der Waals surface area (Å²) in [6.45, 7) is 10.4. The zero-order valence-corrected chi connectivity index (χ0v) is 18.7. The minimum Gasteiger partial charge on any atom is -0.323 e. The highest BCUT2D eigenvalue weighted by molar-refractivity contribution is 7.92. The Labute approximate surface area is 177 Å². The highest BCUT2D eigenvalue weighted by atomic mass is 32.2. The van der Waals surface area contributed by atoms with Crippen LogP contribution in [0.2, 0.25) is 0 Å². The van der Waals surface area contributed by atoms with E-state index in [0.29, 0.717) is 6.54 Å². The summed E-state index contributed by atoms with van der Waals surface area (Å²) in [5.74, 6) is -0.812. The number of anilines is 2. The summed E-state index contributed by atoms with van der Waals surface area (Å²) in [6.07, 6.45) is 2.24. The van der Waals surface area contributed by atoms with E-state index in [1.807, 2.05) is 24.3 Å². The number of carbonyl (C=O) groups is 1. The molecule has 0 aromatic heterocycles. The Kier molecular flexibility index (Phi) is 6.92. The van der Waals surface area contributed by atoms with Gasteiger partial charge in [-0.05, 0) is 28.7 Å². The predicted octanol–water partition coefficient (Wildman–Crippen LogP) is 4.80. The van der Waals surface area contributed by atoms with Gasteiger partial charge in [0, 0.05) is 24.8 Å². The number of sulfonamides is 1. The molecule has 0 saturated heterocycles. The van der Waals surface area contributed by atoms with Crippen LogP contribution in [0.1, 0.15) is 37.5 Å². The largest absolute Gasteiger partial charge is 0.323 e. The molecule has 2 rings (SSSR count). The smallest absolute Gasteiger partial charge is 0.321 e. The number of rotatable bonds is 6. The minimum atomic E-state index is -3.66. The van der Waals surface area contributed by atoms with Gasteiger partial charge in [0.1, 0.15) is 5.82 Å². The minimum absolute atomic E-state index is 0.0485. The lowest BCUT2D eigenvalue weighted by Crippen LogP contribution is -2.31. The van der Waals surface area contributed by atoms with Gasteiger partial charge in [-0.1, -0.05) is 57.7 Å². The van der Waals surface area contributed by atoms with Gasteiger partial charge in [-0.15, -0.1) is 0 Å². The molecule has 0 aliphatic carbocycles. The van der Waals surface area contributed by atoms with Gasteiger partial charge < -0.3 is 10.2 Å². The Morgan fingerprint density at radius 3 is 2.30 bits per heavy atom. The summed E-state index contributed by atoms with van der Waals surface area (Å²) >= 11 is 0. The van der Waals surface area contributed by atoms with Gasteiger partial charge in [-0.25, -0.2) is 17.6 Å². The quantitative estimate of drug-likeness (QED) is 0.687. The first-order valence-electron chi connectivity index (χ1n) is 9.35. The standard InChI is InChI=1S/C22H28FN3O3S/c1-7-16-12-18(13-19(23)20(16)25-30(6,28)29)24-21(27)26(5)14-15-8-10-17(11-9-15)22(2,3)4/h7-13,25H,1,14H2,2-6H3,(H,24,27). The van der Waals surface area contributed by atoms with Gasteiger partial charge in [0.2, 0.25) is 10.0 Å². The molecule has 30 heavy (non-hydrogen) atoms. The molecule has 0 radical (unpaired) electrons. The van der Waals surface area contributed by atoms with Gasteiger partial charge in [0.25, 0.3) is 0 Å². The first-order chi connectivity index (χ1) is 13.8. The van der Waals surface area contributed by atoms with Crippen LogP contribution >= 0.6 is 0 Å². The molecule has 8 heteroatoms. The van der Waals surface area contributed by atoms with Crippen molar-refractivity contribution >= 4 is 33.5 Å². The molecule has 0 aliphatic rings. The van der Waals surface area contributed by atoms with Crippen molar-refractivity contribution < 1.29 is 17.6 Å². The lowest BCUT2D eigenvalue weighted by Gasteiger charge is -2.21. The molecule has 2 aromatic rings. The van der Waals surface area contributed by atoms with Gasteiger partial charge in [0.15, 0.2) is 0 Å². The fraction of sp³-hybridized carbons (Fsp3) is 0.318. The Morgan fingerprint density at radius 2 is 1.80 bits per heavy atom. The molecule has 6 nitrogen and oxygen atoms in total. The van der Waals surface area contributed by atoms with Crippen LogP contribution in [0.4, 0.5) is 20.6 Å². The van der Waals surface area contributed by atoms with Crippen LogP contribution in [-0.4, -0.2) is 32.7 Å². The summed E-state index contributed by atoms with van der Waals surface area (Å²) in [5, 5.41) is 2.63. The Bertz CT molecular complexity index is 1040. The topological polar surface area (TPSA) is 78.5 Å². The van der Waals surface area contributed by atoms with E-state index in [0.717, 1.165) is 17.9 Å². The summed E-state index contributed by atoms with van der Waals surface area (Å²) < 4.78 is 39.4. The lowest BCUT2D eigenvalue weighted by atomic mass is 9.87. The molecule has 2 N–H and O–H groups in total. The molecule has 2 aromatic carbocycles. The van der Waals surface area contributed by atoms with E-state index in [1.54, 1.807) is 7.05 Å². The highest BCUT2D eigenvalue weighted by Gasteiger charge is 2.17. The molecule has 0 fully saturated rings. The fourth-order valence-electron chi connectivity index (χ4n) is 2.83. The number of hydrogen-bond acceptors (Lipinski definition) is 3. The van der Waals surface area contributed by atoms with E-state index in [-0.39, 0.29) is 22.4 Å². The average molecular weight is 434 g/mol. The number of hydrogen-bond donors (Lipinski definition) is 2. The molecular formula is C22H28FN3O3S. The van der Waals surface area contributed by atoms with Crippen molar-refractivity contribution in [3.05, 3.63) is 65.5 Å². The van der Waals surface area contributed by atoms with Crippen LogP contribution in [-0.2, 0) is 22.0 Å². The zero-order chi connectivity index (χ0) is 22.7. The van der Waals surface area contributed by atoms with E-state index in [4.69, 9.17) is 0 Å². The number of nitrogens with zero attached hydrogens (tertiary/aromatic N) is 1.